The summed E-state index contributed by atoms with van der Waals surface area (Å²) in [6, 6.07) is 8.65. The molecular weight excluding hydrogens is 224 g/mol. The molecule has 1 aromatic carbocycles. The van der Waals surface area contributed by atoms with Crippen LogP contribution in [0.3, 0.4) is 0 Å². The highest BCUT2D eigenvalue weighted by molar-refractivity contribution is 7.08. The molecule has 0 aliphatic heterocycles. The Kier molecular flexibility index (Phi) is 2.83. The molecule has 1 aromatic heterocycles. The van der Waals surface area contributed by atoms with Crippen LogP contribution in [0.15, 0.2) is 41.1 Å². The molecule has 0 saturated carbocycles. The first kappa shape index (κ1) is 10.6. The summed E-state index contributed by atoms with van der Waals surface area (Å²) in [6.07, 6.45) is 0. The van der Waals surface area contributed by atoms with Gasteiger partial charge in [0.2, 0.25) is 0 Å². The molecule has 1 N–H and O–H groups in total. The Morgan fingerprint density at radius 3 is 2.25 bits per heavy atom. The quantitative estimate of drug-likeness (QED) is 0.828. The zero-order chi connectivity index (χ0) is 11.5. The van der Waals surface area contributed by atoms with Gasteiger partial charge in [-0.2, -0.15) is 11.3 Å². The van der Waals surface area contributed by atoms with Crippen LogP contribution in [-0.4, -0.2) is 16.9 Å². The molecule has 0 saturated heterocycles. The Labute approximate surface area is 96.0 Å². The van der Waals surface area contributed by atoms with Gasteiger partial charge < -0.3 is 5.11 Å². The van der Waals surface area contributed by atoms with E-state index in [1.54, 1.807) is 29.6 Å². The van der Waals surface area contributed by atoms with Crippen molar-refractivity contribution in [1.29, 1.82) is 0 Å². The maximum atomic E-state index is 12.0. The van der Waals surface area contributed by atoms with Gasteiger partial charge in [-0.25, -0.2) is 4.79 Å². The third-order valence-electron chi connectivity index (χ3n) is 2.17. The molecular formula is C12H8O3S. The summed E-state index contributed by atoms with van der Waals surface area (Å²) in [5.74, 6) is -1.32. The monoisotopic (exact) mass is 232 g/mol. The minimum absolute atomic E-state index is 0.0684. The number of carboxylic acid groups (broad SMARTS) is 1. The van der Waals surface area contributed by atoms with Crippen LogP contribution in [0.25, 0.3) is 0 Å². The third-order valence-corrected chi connectivity index (χ3v) is 2.92. The fourth-order valence-electron chi connectivity index (χ4n) is 1.38. The number of hydrogen-bond acceptors (Lipinski definition) is 3. The number of rotatable bonds is 3. The van der Waals surface area contributed by atoms with E-state index in [-0.39, 0.29) is 16.9 Å². The van der Waals surface area contributed by atoms with Crippen LogP contribution in [0.1, 0.15) is 26.3 Å². The molecule has 0 bridgehead atoms. The van der Waals surface area contributed by atoms with E-state index < -0.39 is 5.97 Å². The van der Waals surface area contributed by atoms with Crippen LogP contribution in [0.4, 0.5) is 0 Å². The standard InChI is InChI=1S/C12H8O3S/c13-11(8-4-2-1-3-5-8)9-6-16-7-10(9)12(14)15/h1-7H,(H,14,15). The molecule has 3 nitrogen and oxygen atoms in total. The summed E-state index contributed by atoms with van der Waals surface area (Å²) < 4.78 is 0. The molecule has 0 atom stereocenters. The molecule has 0 unspecified atom stereocenters. The van der Waals surface area contributed by atoms with Gasteiger partial charge in [-0.3, -0.25) is 4.79 Å². The molecule has 0 fully saturated rings. The Hall–Kier alpha value is -1.94. The van der Waals surface area contributed by atoms with Gasteiger partial charge in [-0.15, -0.1) is 0 Å². The Balaban J connectivity index is 2.42. The number of benzene rings is 1. The number of aromatic carboxylic acids is 1. The normalized spacial score (nSPS) is 10.0. The highest BCUT2D eigenvalue weighted by Crippen LogP contribution is 2.19. The van der Waals surface area contributed by atoms with Crippen molar-refractivity contribution in [2.24, 2.45) is 0 Å². The van der Waals surface area contributed by atoms with Gasteiger partial charge in [0.25, 0.3) is 0 Å². The van der Waals surface area contributed by atoms with Crippen LogP contribution in [-0.2, 0) is 0 Å². The minimum atomic E-state index is -1.07. The van der Waals surface area contributed by atoms with Gasteiger partial charge in [-0.1, -0.05) is 30.3 Å². The lowest BCUT2D eigenvalue weighted by molar-refractivity contribution is 0.0693. The second-order valence-electron chi connectivity index (χ2n) is 3.20. The second-order valence-corrected chi connectivity index (χ2v) is 3.94. The Morgan fingerprint density at radius 2 is 1.62 bits per heavy atom. The van der Waals surface area contributed by atoms with Crippen molar-refractivity contribution >= 4 is 23.1 Å². The highest BCUT2D eigenvalue weighted by atomic mass is 32.1. The average molecular weight is 232 g/mol. The van der Waals surface area contributed by atoms with Crippen molar-refractivity contribution in [3.63, 3.8) is 0 Å². The zero-order valence-electron chi connectivity index (χ0n) is 8.21. The smallest absolute Gasteiger partial charge is 0.337 e. The summed E-state index contributed by atoms with van der Waals surface area (Å²) in [7, 11) is 0. The van der Waals surface area contributed by atoms with Crippen LogP contribution in [0, 0.1) is 0 Å². The van der Waals surface area contributed by atoms with Gasteiger partial charge in [0, 0.05) is 21.9 Å². The SMILES string of the molecule is O=C(O)c1cscc1C(=O)c1ccccc1. The lowest BCUT2D eigenvalue weighted by atomic mass is 10.0. The molecule has 4 heteroatoms. The maximum absolute atomic E-state index is 12.0. The van der Waals surface area contributed by atoms with Gasteiger partial charge >= 0.3 is 5.97 Å². The predicted molar refractivity (Wildman–Crippen MR) is 61.2 cm³/mol. The van der Waals surface area contributed by atoms with E-state index in [9.17, 15) is 9.59 Å². The van der Waals surface area contributed by atoms with E-state index in [4.69, 9.17) is 5.11 Å². The van der Waals surface area contributed by atoms with E-state index in [0.29, 0.717) is 5.56 Å². The summed E-state index contributed by atoms with van der Waals surface area (Å²) in [5.41, 5.74) is 0.825. The van der Waals surface area contributed by atoms with Crippen molar-refractivity contribution in [3.8, 4) is 0 Å². The lowest BCUT2D eigenvalue weighted by Crippen LogP contribution is -2.06. The topological polar surface area (TPSA) is 54.4 Å². The van der Waals surface area contributed by atoms with Gasteiger partial charge in [0.1, 0.15) is 0 Å². The first-order valence-corrected chi connectivity index (χ1v) is 5.53. The number of carbonyl (C=O) groups is 2. The second kappa shape index (κ2) is 4.28. The predicted octanol–water partition coefficient (Wildman–Crippen LogP) is 2.68. The van der Waals surface area contributed by atoms with Gasteiger partial charge in [0.05, 0.1) is 5.56 Å². The maximum Gasteiger partial charge on any atom is 0.337 e. The molecule has 0 spiro atoms. The number of ketones is 1. The summed E-state index contributed by atoms with van der Waals surface area (Å²) in [4.78, 5) is 22.8. The molecule has 0 aliphatic rings. The Morgan fingerprint density at radius 1 is 1.00 bits per heavy atom. The summed E-state index contributed by atoms with van der Waals surface area (Å²) in [6.45, 7) is 0. The van der Waals surface area contributed by atoms with E-state index in [1.807, 2.05) is 6.07 Å². The first-order chi connectivity index (χ1) is 7.70. The number of hydrogen-bond donors (Lipinski definition) is 1. The van der Waals surface area contributed by atoms with Crippen molar-refractivity contribution < 1.29 is 14.7 Å². The van der Waals surface area contributed by atoms with Crippen molar-refractivity contribution in [2.45, 2.75) is 0 Å². The zero-order valence-corrected chi connectivity index (χ0v) is 9.03. The van der Waals surface area contributed by atoms with Crippen LogP contribution >= 0.6 is 11.3 Å². The lowest BCUT2D eigenvalue weighted by Gasteiger charge is -1.99. The Bertz CT molecular complexity index is 528. The van der Waals surface area contributed by atoms with E-state index in [1.165, 1.54) is 16.7 Å². The molecule has 1 heterocycles. The minimum Gasteiger partial charge on any atom is -0.478 e. The largest absolute Gasteiger partial charge is 0.478 e. The number of carbonyl (C=O) groups excluding carboxylic acids is 1. The molecule has 16 heavy (non-hydrogen) atoms. The molecule has 0 aliphatic carbocycles. The summed E-state index contributed by atoms with van der Waals surface area (Å²) >= 11 is 1.22. The van der Waals surface area contributed by atoms with Crippen LogP contribution in [0.2, 0.25) is 0 Å². The van der Waals surface area contributed by atoms with E-state index in [0.717, 1.165) is 0 Å². The van der Waals surface area contributed by atoms with Gasteiger partial charge in [0.15, 0.2) is 5.78 Å². The molecule has 80 valence electrons. The molecule has 0 radical (unpaired) electrons. The van der Waals surface area contributed by atoms with Crippen molar-refractivity contribution in [2.75, 3.05) is 0 Å². The van der Waals surface area contributed by atoms with Crippen LogP contribution < -0.4 is 0 Å². The van der Waals surface area contributed by atoms with Crippen LogP contribution in [0.5, 0.6) is 0 Å². The van der Waals surface area contributed by atoms with E-state index in [2.05, 4.69) is 0 Å². The fourth-order valence-corrected chi connectivity index (χ4v) is 2.19. The molecule has 2 rings (SSSR count). The van der Waals surface area contributed by atoms with E-state index >= 15 is 0 Å². The summed E-state index contributed by atoms with van der Waals surface area (Å²) in [5, 5.41) is 11.9. The fraction of sp³-hybridized carbons (Fsp3) is 0. The first-order valence-electron chi connectivity index (χ1n) is 4.59. The molecule has 2 aromatic rings. The third kappa shape index (κ3) is 1.87. The highest BCUT2D eigenvalue weighted by Gasteiger charge is 2.18. The van der Waals surface area contributed by atoms with Gasteiger partial charge in [-0.05, 0) is 0 Å². The van der Waals surface area contributed by atoms with Crippen molar-refractivity contribution in [1.82, 2.24) is 0 Å². The number of thiophene rings is 1. The average Bonchev–Trinajstić information content (AvgIpc) is 2.78. The molecule has 0 amide bonds. The number of carboxylic acids is 1. The van der Waals surface area contributed by atoms with Crippen molar-refractivity contribution in [3.05, 3.63) is 57.8 Å².